The number of carbonyl (C=O) groups excluding carboxylic acids is 1. The van der Waals surface area contributed by atoms with Crippen LogP contribution in [0.5, 0.6) is 0 Å². The number of nitrogens with one attached hydrogen (secondary N) is 1. The first kappa shape index (κ1) is 11.0. The molecule has 1 aromatic heterocycles. The van der Waals surface area contributed by atoms with E-state index in [2.05, 4.69) is 10.4 Å². The van der Waals surface area contributed by atoms with Crippen LogP contribution >= 0.6 is 0 Å². The highest BCUT2D eigenvalue weighted by Gasteiger charge is 2.25. The van der Waals surface area contributed by atoms with Crippen LogP contribution in [0.1, 0.15) is 22.3 Å². The van der Waals surface area contributed by atoms with Crippen LogP contribution in [0.2, 0.25) is 0 Å². The van der Waals surface area contributed by atoms with E-state index < -0.39 is 6.23 Å². The Morgan fingerprint density at radius 2 is 2.11 bits per heavy atom. The van der Waals surface area contributed by atoms with E-state index in [1.54, 1.807) is 6.07 Å². The standard InChI is InChI=1S/C13H13N3O2/c1-8-2-4-9(5-3-8)10-6-11-13(18)14-7-12(17)16(11)15-10/h2-6,12,17H,7H2,1H3,(H,14,18)/t12-/m1/s1. The number of rotatable bonds is 1. The molecule has 0 aliphatic carbocycles. The average molecular weight is 243 g/mol. The molecule has 3 rings (SSSR count). The number of hydrogen-bond acceptors (Lipinski definition) is 3. The van der Waals surface area contributed by atoms with Crippen molar-refractivity contribution in [3.05, 3.63) is 41.6 Å². The molecule has 0 spiro atoms. The SMILES string of the molecule is Cc1ccc(-c2cc3n(n2)[C@H](O)CNC3=O)cc1. The number of aliphatic hydroxyl groups is 1. The van der Waals surface area contributed by atoms with Crippen molar-refractivity contribution in [3.8, 4) is 11.3 Å². The molecule has 1 aliphatic heterocycles. The van der Waals surface area contributed by atoms with Gasteiger partial charge in [-0.15, -0.1) is 0 Å². The van der Waals surface area contributed by atoms with Crippen molar-refractivity contribution in [2.75, 3.05) is 6.54 Å². The predicted molar refractivity (Wildman–Crippen MR) is 66.0 cm³/mol. The first-order valence-electron chi connectivity index (χ1n) is 5.78. The average Bonchev–Trinajstić information content (AvgIpc) is 2.81. The summed E-state index contributed by atoms with van der Waals surface area (Å²) in [5, 5.41) is 16.7. The largest absolute Gasteiger partial charge is 0.370 e. The lowest BCUT2D eigenvalue weighted by atomic mass is 10.1. The normalized spacial score (nSPS) is 18.3. The maximum absolute atomic E-state index is 11.6. The smallest absolute Gasteiger partial charge is 0.269 e. The molecule has 0 bridgehead atoms. The lowest BCUT2D eigenvalue weighted by molar-refractivity contribution is 0.0594. The number of aryl methyl sites for hydroxylation is 1. The fourth-order valence-electron chi connectivity index (χ4n) is 2.02. The number of β-amino-alcohol motifs (C(OH)–C–C–N with tert-alkyl or cyclic N) is 1. The summed E-state index contributed by atoms with van der Waals surface area (Å²) in [5.74, 6) is -0.203. The van der Waals surface area contributed by atoms with Crippen LogP contribution in [-0.2, 0) is 0 Å². The van der Waals surface area contributed by atoms with Gasteiger partial charge in [0.25, 0.3) is 5.91 Å². The van der Waals surface area contributed by atoms with E-state index in [9.17, 15) is 9.90 Å². The summed E-state index contributed by atoms with van der Waals surface area (Å²) in [6, 6.07) is 9.58. The minimum absolute atomic E-state index is 0.195. The van der Waals surface area contributed by atoms with E-state index in [1.165, 1.54) is 10.2 Å². The second-order valence-corrected chi connectivity index (χ2v) is 4.42. The van der Waals surface area contributed by atoms with E-state index in [1.807, 2.05) is 31.2 Å². The summed E-state index contributed by atoms with van der Waals surface area (Å²) in [6.07, 6.45) is -0.795. The number of nitrogens with zero attached hydrogens (tertiary/aromatic N) is 2. The molecule has 0 unspecified atom stereocenters. The van der Waals surface area contributed by atoms with Gasteiger partial charge < -0.3 is 10.4 Å². The number of carbonyl (C=O) groups is 1. The van der Waals surface area contributed by atoms with Gasteiger partial charge in [0.05, 0.1) is 12.2 Å². The number of benzene rings is 1. The first-order valence-corrected chi connectivity index (χ1v) is 5.78. The molecule has 2 heterocycles. The van der Waals surface area contributed by atoms with Crippen molar-refractivity contribution in [2.24, 2.45) is 0 Å². The number of hydrogen-bond donors (Lipinski definition) is 2. The Morgan fingerprint density at radius 1 is 1.39 bits per heavy atom. The molecule has 5 heteroatoms. The van der Waals surface area contributed by atoms with Crippen molar-refractivity contribution in [1.29, 1.82) is 0 Å². The first-order chi connectivity index (χ1) is 8.65. The zero-order valence-electron chi connectivity index (χ0n) is 9.92. The van der Waals surface area contributed by atoms with Gasteiger partial charge in [0.1, 0.15) is 5.69 Å². The number of aliphatic hydroxyl groups excluding tert-OH is 1. The molecule has 1 aromatic carbocycles. The Balaban J connectivity index is 2.07. The number of amides is 1. The second-order valence-electron chi connectivity index (χ2n) is 4.42. The summed E-state index contributed by atoms with van der Waals surface area (Å²) in [7, 11) is 0. The zero-order valence-corrected chi connectivity index (χ0v) is 9.92. The topological polar surface area (TPSA) is 67.2 Å². The van der Waals surface area contributed by atoms with Crippen LogP contribution in [-0.4, -0.2) is 27.3 Å². The quantitative estimate of drug-likeness (QED) is 0.788. The van der Waals surface area contributed by atoms with E-state index >= 15 is 0 Å². The molecule has 92 valence electrons. The fraction of sp³-hybridized carbons (Fsp3) is 0.231. The molecular weight excluding hydrogens is 230 g/mol. The zero-order chi connectivity index (χ0) is 12.7. The van der Waals surface area contributed by atoms with Crippen LogP contribution in [0.3, 0.4) is 0 Å². The lowest BCUT2D eigenvalue weighted by Gasteiger charge is -2.19. The highest BCUT2D eigenvalue weighted by molar-refractivity contribution is 5.94. The van der Waals surface area contributed by atoms with Crippen LogP contribution in [0.15, 0.2) is 30.3 Å². The third-order valence-corrected chi connectivity index (χ3v) is 3.04. The Bertz CT molecular complexity index is 601. The molecule has 5 nitrogen and oxygen atoms in total. The Morgan fingerprint density at radius 3 is 2.78 bits per heavy atom. The highest BCUT2D eigenvalue weighted by atomic mass is 16.3. The minimum atomic E-state index is -0.795. The van der Waals surface area contributed by atoms with Crippen molar-refractivity contribution < 1.29 is 9.90 Å². The summed E-state index contributed by atoms with van der Waals surface area (Å²) >= 11 is 0. The van der Waals surface area contributed by atoms with Crippen LogP contribution in [0.4, 0.5) is 0 Å². The van der Waals surface area contributed by atoms with E-state index in [4.69, 9.17) is 0 Å². The van der Waals surface area contributed by atoms with Gasteiger partial charge in [-0.25, -0.2) is 4.68 Å². The molecule has 18 heavy (non-hydrogen) atoms. The van der Waals surface area contributed by atoms with E-state index in [0.29, 0.717) is 11.4 Å². The fourth-order valence-corrected chi connectivity index (χ4v) is 2.02. The summed E-state index contributed by atoms with van der Waals surface area (Å²) in [6.45, 7) is 2.21. The number of aromatic nitrogens is 2. The molecule has 2 aromatic rings. The molecule has 0 saturated heterocycles. The van der Waals surface area contributed by atoms with Gasteiger partial charge in [0.2, 0.25) is 0 Å². The Kier molecular flexibility index (Phi) is 2.41. The molecule has 1 aliphatic rings. The van der Waals surface area contributed by atoms with Crippen molar-refractivity contribution >= 4 is 5.91 Å². The third kappa shape index (κ3) is 1.69. The molecule has 1 atom stereocenters. The highest BCUT2D eigenvalue weighted by Crippen LogP contribution is 2.22. The van der Waals surface area contributed by atoms with Gasteiger partial charge in [-0.1, -0.05) is 29.8 Å². The monoisotopic (exact) mass is 243 g/mol. The van der Waals surface area contributed by atoms with Crippen LogP contribution < -0.4 is 5.32 Å². The molecule has 1 amide bonds. The Hall–Kier alpha value is -2.14. The lowest BCUT2D eigenvalue weighted by Crippen LogP contribution is -2.39. The van der Waals surface area contributed by atoms with Crippen LogP contribution in [0, 0.1) is 6.92 Å². The third-order valence-electron chi connectivity index (χ3n) is 3.04. The maximum atomic E-state index is 11.6. The minimum Gasteiger partial charge on any atom is -0.370 e. The van der Waals surface area contributed by atoms with E-state index in [0.717, 1.165) is 5.56 Å². The second kappa shape index (κ2) is 3.96. The molecule has 0 fully saturated rings. The number of fused-ring (bicyclic) bond motifs is 1. The molecular formula is C13H13N3O2. The molecule has 0 saturated carbocycles. The summed E-state index contributed by atoms with van der Waals surface area (Å²) < 4.78 is 1.37. The van der Waals surface area contributed by atoms with Gasteiger partial charge in [0.15, 0.2) is 6.23 Å². The molecule has 0 radical (unpaired) electrons. The van der Waals surface area contributed by atoms with Crippen molar-refractivity contribution in [3.63, 3.8) is 0 Å². The van der Waals surface area contributed by atoms with Gasteiger partial charge in [-0.05, 0) is 13.0 Å². The van der Waals surface area contributed by atoms with Crippen molar-refractivity contribution in [2.45, 2.75) is 13.2 Å². The van der Waals surface area contributed by atoms with Gasteiger partial charge in [-0.2, -0.15) is 5.10 Å². The summed E-state index contributed by atoms with van der Waals surface area (Å²) in [5.41, 5.74) is 3.19. The maximum Gasteiger partial charge on any atom is 0.269 e. The van der Waals surface area contributed by atoms with Crippen molar-refractivity contribution in [1.82, 2.24) is 15.1 Å². The predicted octanol–water partition coefficient (Wildman–Crippen LogP) is 1.09. The van der Waals surface area contributed by atoms with Gasteiger partial charge in [0, 0.05) is 5.56 Å². The summed E-state index contributed by atoms with van der Waals surface area (Å²) in [4.78, 5) is 11.6. The van der Waals surface area contributed by atoms with Crippen LogP contribution in [0.25, 0.3) is 11.3 Å². The van der Waals surface area contributed by atoms with E-state index in [-0.39, 0.29) is 12.5 Å². The van der Waals surface area contributed by atoms with Gasteiger partial charge in [-0.3, -0.25) is 4.79 Å². The van der Waals surface area contributed by atoms with Gasteiger partial charge >= 0.3 is 0 Å². The molecule has 2 N–H and O–H groups in total. The Labute approximate surface area is 104 Å².